The van der Waals surface area contributed by atoms with Crippen molar-refractivity contribution in [2.24, 2.45) is 0 Å². The fraction of sp³-hybridized carbons (Fsp3) is 0.214. The van der Waals surface area contributed by atoms with E-state index in [2.05, 4.69) is 5.32 Å². The van der Waals surface area contributed by atoms with Crippen molar-refractivity contribution in [2.45, 2.75) is 0 Å². The Labute approximate surface area is 111 Å². The van der Waals surface area contributed by atoms with Crippen LogP contribution >= 0.6 is 0 Å². The lowest BCUT2D eigenvalue weighted by atomic mass is 10.1. The number of furan rings is 1. The number of carbonyl (C=O) groups is 1. The number of anilines is 1. The maximum absolute atomic E-state index is 11.7. The molecule has 0 spiro atoms. The number of hydrogen-bond donors (Lipinski definition) is 2. The van der Waals surface area contributed by atoms with Crippen molar-refractivity contribution in [1.82, 2.24) is 5.32 Å². The number of ether oxygens (including phenoxy) is 1. The maximum atomic E-state index is 11.7. The summed E-state index contributed by atoms with van der Waals surface area (Å²) in [6.07, 6.45) is 0. The zero-order chi connectivity index (χ0) is 13.7. The first-order chi connectivity index (χ1) is 9.20. The predicted molar refractivity (Wildman–Crippen MR) is 72.8 cm³/mol. The molecule has 1 heterocycles. The fourth-order valence-corrected chi connectivity index (χ4v) is 1.62. The summed E-state index contributed by atoms with van der Waals surface area (Å²) in [4.78, 5) is 11.7. The normalized spacial score (nSPS) is 10.4. The van der Waals surface area contributed by atoms with Crippen molar-refractivity contribution in [3.8, 4) is 11.3 Å². The molecule has 0 aliphatic carbocycles. The van der Waals surface area contributed by atoms with Gasteiger partial charge in [-0.3, -0.25) is 4.79 Å². The van der Waals surface area contributed by atoms with E-state index in [9.17, 15) is 4.79 Å². The number of nitrogens with two attached hydrogens (primary N) is 1. The van der Waals surface area contributed by atoms with E-state index in [1.165, 1.54) is 0 Å². The number of nitrogens with one attached hydrogen (secondary N) is 1. The lowest BCUT2D eigenvalue weighted by Gasteiger charge is -2.01. The van der Waals surface area contributed by atoms with Gasteiger partial charge in [-0.15, -0.1) is 0 Å². The van der Waals surface area contributed by atoms with E-state index in [1.807, 2.05) is 12.1 Å². The van der Waals surface area contributed by atoms with Gasteiger partial charge in [-0.2, -0.15) is 0 Å². The third-order valence-corrected chi connectivity index (χ3v) is 2.62. The Bertz CT molecular complexity index is 546. The van der Waals surface area contributed by atoms with Crippen molar-refractivity contribution in [3.05, 3.63) is 42.2 Å². The minimum atomic E-state index is -0.251. The smallest absolute Gasteiger partial charge is 0.287 e. The summed E-state index contributed by atoms with van der Waals surface area (Å²) in [5.41, 5.74) is 7.19. The van der Waals surface area contributed by atoms with Crippen LogP contribution in [-0.4, -0.2) is 26.2 Å². The van der Waals surface area contributed by atoms with Crippen LogP contribution in [0.25, 0.3) is 11.3 Å². The minimum Gasteiger partial charge on any atom is -0.451 e. The number of hydrogen-bond acceptors (Lipinski definition) is 4. The number of nitrogen functional groups attached to an aromatic ring is 1. The zero-order valence-corrected chi connectivity index (χ0v) is 10.7. The second kappa shape index (κ2) is 6.06. The molecule has 0 radical (unpaired) electrons. The molecule has 0 aliphatic rings. The first-order valence-corrected chi connectivity index (χ1v) is 5.93. The standard InChI is InChI=1S/C14H16N2O3/c1-18-9-8-16-14(17)13-7-6-12(19-13)10-2-4-11(15)5-3-10/h2-7H,8-9,15H2,1H3,(H,16,17). The van der Waals surface area contributed by atoms with Gasteiger partial charge in [0.25, 0.3) is 5.91 Å². The van der Waals surface area contributed by atoms with Gasteiger partial charge in [0.15, 0.2) is 5.76 Å². The molecule has 0 saturated carbocycles. The molecule has 5 nitrogen and oxygen atoms in total. The Morgan fingerprint density at radius 1 is 1.26 bits per heavy atom. The van der Waals surface area contributed by atoms with E-state index in [-0.39, 0.29) is 11.7 Å². The second-order valence-electron chi connectivity index (χ2n) is 4.03. The highest BCUT2D eigenvalue weighted by Gasteiger charge is 2.11. The third kappa shape index (κ3) is 3.35. The van der Waals surface area contributed by atoms with E-state index < -0.39 is 0 Å². The summed E-state index contributed by atoms with van der Waals surface area (Å²) >= 11 is 0. The quantitative estimate of drug-likeness (QED) is 0.636. The van der Waals surface area contributed by atoms with Crippen LogP contribution in [0.5, 0.6) is 0 Å². The summed E-state index contributed by atoms with van der Waals surface area (Å²) in [5, 5.41) is 2.70. The van der Waals surface area contributed by atoms with Crippen LogP contribution < -0.4 is 11.1 Å². The summed E-state index contributed by atoms with van der Waals surface area (Å²) in [6.45, 7) is 0.921. The van der Waals surface area contributed by atoms with Crippen LogP contribution in [-0.2, 0) is 4.74 Å². The van der Waals surface area contributed by atoms with Crippen molar-refractivity contribution >= 4 is 11.6 Å². The average molecular weight is 260 g/mol. The summed E-state index contributed by atoms with van der Waals surface area (Å²) in [7, 11) is 1.58. The highest BCUT2D eigenvalue weighted by atomic mass is 16.5. The number of methoxy groups -OCH3 is 1. The monoisotopic (exact) mass is 260 g/mol. The molecule has 19 heavy (non-hydrogen) atoms. The van der Waals surface area contributed by atoms with Gasteiger partial charge in [-0.05, 0) is 36.4 Å². The van der Waals surface area contributed by atoms with Gasteiger partial charge in [0.1, 0.15) is 5.76 Å². The van der Waals surface area contributed by atoms with Gasteiger partial charge in [0.2, 0.25) is 0 Å². The van der Waals surface area contributed by atoms with E-state index in [0.29, 0.717) is 24.6 Å². The molecule has 1 aromatic carbocycles. The Balaban J connectivity index is 2.06. The molecule has 0 saturated heterocycles. The van der Waals surface area contributed by atoms with Crippen molar-refractivity contribution in [3.63, 3.8) is 0 Å². The number of amides is 1. The first-order valence-electron chi connectivity index (χ1n) is 5.93. The molecule has 2 aromatic rings. The molecule has 0 fully saturated rings. The van der Waals surface area contributed by atoms with Crippen LogP contribution in [0.2, 0.25) is 0 Å². The molecular weight excluding hydrogens is 244 g/mol. The number of rotatable bonds is 5. The number of benzene rings is 1. The van der Waals surface area contributed by atoms with Crippen LogP contribution in [0, 0.1) is 0 Å². The Hall–Kier alpha value is -2.27. The van der Waals surface area contributed by atoms with E-state index in [0.717, 1.165) is 5.56 Å². The Morgan fingerprint density at radius 2 is 2.00 bits per heavy atom. The Morgan fingerprint density at radius 3 is 2.68 bits per heavy atom. The van der Waals surface area contributed by atoms with Gasteiger partial charge in [-0.25, -0.2) is 0 Å². The van der Waals surface area contributed by atoms with E-state index in [4.69, 9.17) is 14.9 Å². The summed E-state index contributed by atoms with van der Waals surface area (Å²) in [5.74, 6) is 0.665. The predicted octanol–water partition coefficient (Wildman–Crippen LogP) is 1.90. The van der Waals surface area contributed by atoms with Gasteiger partial charge in [0.05, 0.1) is 6.61 Å². The van der Waals surface area contributed by atoms with Crippen molar-refractivity contribution in [2.75, 3.05) is 26.0 Å². The minimum absolute atomic E-state index is 0.251. The highest BCUT2D eigenvalue weighted by Crippen LogP contribution is 2.22. The van der Waals surface area contributed by atoms with E-state index in [1.54, 1.807) is 31.4 Å². The Kier molecular flexibility index (Phi) is 4.20. The van der Waals surface area contributed by atoms with Gasteiger partial charge < -0.3 is 20.2 Å². The van der Waals surface area contributed by atoms with Gasteiger partial charge >= 0.3 is 0 Å². The molecule has 0 atom stereocenters. The summed E-state index contributed by atoms with van der Waals surface area (Å²) in [6, 6.07) is 10.7. The fourth-order valence-electron chi connectivity index (χ4n) is 1.62. The average Bonchev–Trinajstić information content (AvgIpc) is 2.89. The van der Waals surface area contributed by atoms with Crippen LogP contribution in [0.1, 0.15) is 10.6 Å². The SMILES string of the molecule is COCCNC(=O)c1ccc(-c2ccc(N)cc2)o1. The second-order valence-corrected chi connectivity index (χ2v) is 4.03. The molecule has 1 amide bonds. The maximum Gasteiger partial charge on any atom is 0.287 e. The van der Waals surface area contributed by atoms with Crippen molar-refractivity contribution in [1.29, 1.82) is 0 Å². The molecular formula is C14H16N2O3. The molecule has 5 heteroatoms. The van der Waals surface area contributed by atoms with Gasteiger partial charge in [-0.1, -0.05) is 0 Å². The van der Waals surface area contributed by atoms with Crippen molar-refractivity contribution < 1.29 is 13.9 Å². The molecule has 1 aromatic heterocycles. The highest BCUT2D eigenvalue weighted by molar-refractivity contribution is 5.92. The van der Waals surface area contributed by atoms with Gasteiger partial charge in [0, 0.05) is 24.9 Å². The summed E-state index contributed by atoms with van der Waals surface area (Å²) < 4.78 is 10.4. The first kappa shape index (κ1) is 13.2. The molecule has 0 bridgehead atoms. The molecule has 0 aliphatic heterocycles. The third-order valence-electron chi connectivity index (χ3n) is 2.62. The lowest BCUT2D eigenvalue weighted by molar-refractivity contribution is 0.0910. The van der Waals surface area contributed by atoms with Crippen LogP contribution in [0.15, 0.2) is 40.8 Å². The van der Waals surface area contributed by atoms with Crippen LogP contribution in [0.4, 0.5) is 5.69 Å². The topological polar surface area (TPSA) is 77.5 Å². The molecule has 2 rings (SSSR count). The largest absolute Gasteiger partial charge is 0.451 e. The zero-order valence-electron chi connectivity index (χ0n) is 10.7. The number of carbonyl (C=O) groups excluding carboxylic acids is 1. The molecule has 0 unspecified atom stereocenters. The van der Waals surface area contributed by atoms with E-state index >= 15 is 0 Å². The lowest BCUT2D eigenvalue weighted by Crippen LogP contribution is -2.26. The molecule has 100 valence electrons. The van der Waals surface area contributed by atoms with Crippen LogP contribution in [0.3, 0.4) is 0 Å². The molecule has 3 N–H and O–H groups in total.